The molecule has 6 heteroatoms. The van der Waals surface area contributed by atoms with E-state index in [0.29, 0.717) is 6.42 Å². The molecule has 2 aromatic rings. The van der Waals surface area contributed by atoms with Gasteiger partial charge in [0.2, 0.25) is 0 Å². The predicted molar refractivity (Wildman–Crippen MR) is 65.7 cm³/mol. The molecule has 0 radical (unpaired) electrons. The van der Waals surface area contributed by atoms with Crippen molar-refractivity contribution in [1.82, 2.24) is 14.8 Å². The third-order valence-corrected chi connectivity index (χ3v) is 3.89. The van der Waals surface area contributed by atoms with E-state index in [0.717, 1.165) is 21.7 Å². The number of hydrogen-bond donors (Lipinski definition) is 0. The number of hydrogen-bond acceptors (Lipinski definition) is 4. The van der Waals surface area contributed by atoms with E-state index in [2.05, 4.69) is 26.0 Å². The fraction of sp³-hybridized carbons (Fsp3) is 0.300. The second kappa shape index (κ2) is 4.88. The first kappa shape index (κ1) is 11.5. The first-order chi connectivity index (χ1) is 7.70. The molecule has 0 aliphatic rings. The Kier molecular flexibility index (Phi) is 3.50. The van der Waals surface area contributed by atoms with E-state index in [-0.39, 0.29) is 5.78 Å². The summed E-state index contributed by atoms with van der Waals surface area (Å²) in [6.45, 7) is 2.71. The molecular formula is C10H10BrN3OS. The number of Topliss-reactive ketones (excluding diaryl/α,β-unsaturated/α-hetero) is 1. The molecule has 84 valence electrons. The maximum atomic E-state index is 11.9. The highest BCUT2D eigenvalue weighted by Crippen LogP contribution is 2.21. The lowest BCUT2D eigenvalue weighted by Crippen LogP contribution is -2.09. The van der Waals surface area contributed by atoms with Crippen LogP contribution in [0.2, 0.25) is 0 Å². The molecule has 0 saturated carbocycles. The summed E-state index contributed by atoms with van der Waals surface area (Å²) >= 11 is 4.77. The van der Waals surface area contributed by atoms with Crippen molar-refractivity contribution in [2.75, 3.05) is 0 Å². The average Bonchev–Trinajstić information content (AvgIpc) is 2.86. The average molecular weight is 300 g/mol. The van der Waals surface area contributed by atoms with Gasteiger partial charge < -0.3 is 0 Å². The van der Waals surface area contributed by atoms with Gasteiger partial charge in [0.25, 0.3) is 0 Å². The zero-order valence-corrected chi connectivity index (χ0v) is 11.1. The first-order valence-corrected chi connectivity index (χ1v) is 6.52. The normalized spacial score (nSPS) is 10.6. The van der Waals surface area contributed by atoms with Gasteiger partial charge in [-0.2, -0.15) is 5.10 Å². The SMILES string of the molecule is CCn1ncnc1CC(=O)c1cc(Br)cs1. The van der Waals surface area contributed by atoms with Gasteiger partial charge in [0.1, 0.15) is 12.2 Å². The van der Waals surface area contributed by atoms with Gasteiger partial charge in [-0.1, -0.05) is 0 Å². The molecule has 0 atom stereocenters. The Hall–Kier alpha value is -1.01. The summed E-state index contributed by atoms with van der Waals surface area (Å²) in [7, 11) is 0. The maximum Gasteiger partial charge on any atom is 0.180 e. The largest absolute Gasteiger partial charge is 0.293 e. The third-order valence-electron chi connectivity index (χ3n) is 2.16. The molecule has 0 bridgehead atoms. The van der Waals surface area contributed by atoms with E-state index in [1.54, 1.807) is 4.68 Å². The number of ketones is 1. The monoisotopic (exact) mass is 299 g/mol. The molecule has 0 aromatic carbocycles. The second-order valence-electron chi connectivity index (χ2n) is 3.22. The minimum Gasteiger partial charge on any atom is -0.293 e. The van der Waals surface area contributed by atoms with Crippen LogP contribution in [-0.2, 0) is 13.0 Å². The summed E-state index contributed by atoms with van der Waals surface area (Å²) in [5.41, 5.74) is 0. The minimum absolute atomic E-state index is 0.0819. The molecule has 0 fully saturated rings. The maximum absolute atomic E-state index is 11.9. The van der Waals surface area contributed by atoms with E-state index in [9.17, 15) is 4.79 Å². The Morgan fingerprint density at radius 3 is 3.06 bits per heavy atom. The second-order valence-corrected chi connectivity index (χ2v) is 5.05. The highest BCUT2D eigenvalue weighted by atomic mass is 79.9. The van der Waals surface area contributed by atoms with Crippen molar-refractivity contribution in [3.63, 3.8) is 0 Å². The van der Waals surface area contributed by atoms with E-state index in [1.807, 2.05) is 18.4 Å². The van der Waals surface area contributed by atoms with Gasteiger partial charge in [0.05, 0.1) is 11.3 Å². The molecule has 0 N–H and O–H groups in total. The lowest BCUT2D eigenvalue weighted by atomic mass is 10.2. The Bertz CT molecular complexity index is 506. The van der Waals surface area contributed by atoms with Crippen molar-refractivity contribution in [3.05, 3.63) is 32.9 Å². The summed E-state index contributed by atoms with van der Waals surface area (Å²) in [4.78, 5) is 16.7. The lowest BCUT2D eigenvalue weighted by Gasteiger charge is -2.00. The van der Waals surface area contributed by atoms with Crippen LogP contribution < -0.4 is 0 Å². The van der Waals surface area contributed by atoms with Gasteiger partial charge in [-0.05, 0) is 28.9 Å². The molecule has 0 spiro atoms. The molecule has 2 aromatic heterocycles. The van der Waals surface area contributed by atoms with E-state index in [1.165, 1.54) is 17.7 Å². The number of halogens is 1. The van der Waals surface area contributed by atoms with Crippen LogP contribution in [0.1, 0.15) is 22.4 Å². The van der Waals surface area contributed by atoms with Gasteiger partial charge >= 0.3 is 0 Å². The fourth-order valence-electron chi connectivity index (χ4n) is 1.38. The molecule has 0 aliphatic carbocycles. The molecule has 2 rings (SSSR count). The van der Waals surface area contributed by atoms with Crippen molar-refractivity contribution in [3.8, 4) is 0 Å². The number of carbonyl (C=O) groups excluding carboxylic acids is 1. The zero-order valence-electron chi connectivity index (χ0n) is 8.68. The minimum atomic E-state index is 0.0819. The van der Waals surface area contributed by atoms with Crippen LogP contribution in [-0.4, -0.2) is 20.5 Å². The highest BCUT2D eigenvalue weighted by Gasteiger charge is 2.13. The number of aromatic nitrogens is 3. The molecular weight excluding hydrogens is 290 g/mol. The number of nitrogens with zero attached hydrogens (tertiary/aromatic N) is 3. The summed E-state index contributed by atoms with van der Waals surface area (Å²) in [5.74, 6) is 0.801. The zero-order chi connectivity index (χ0) is 11.5. The van der Waals surface area contributed by atoms with Gasteiger partial charge in [0.15, 0.2) is 5.78 Å². The topological polar surface area (TPSA) is 47.8 Å². The predicted octanol–water partition coefficient (Wildman–Crippen LogP) is 2.55. The van der Waals surface area contributed by atoms with Crippen molar-refractivity contribution < 1.29 is 4.79 Å². The lowest BCUT2D eigenvalue weighted by molar-refractivity contribution is 0.0993. The van der Waals surface area contributed by atoms with Crippen molar-refractivity contribution in [2.45, 2.75) is 19.9 Å². The van der Waals surface area contributed by atoms with E-state index >= 15 is 0 Å². The molecule has 0 amide bonds. The van der Waals surface area contributed by atoms with Crippen LogP contribution >= 0.6 is 27.3 Å². The number of rotatable bonds is 4. The molecule has 0 saturated heterocycles. The van der Waals surface area contributed by atoms with Crippen LogP contribution in [0.15, 0.2) is 22.2 Å². The van der Waals surface area contributed by atoms with Crippen LogP contribution in [0.3, 0.4) is 0 Å². The summed E-state index contributed by atoms with van der Waals surface area (Å²) in [6, 6.07) is 1.83. The number of thiophene rings is 1. The molecule has 0 unspecified atom stereocenters. The van der Waals surface area contributed by atoms with Gasteiger partial charge in [-0.25, -0.2) is 9.67 Å². The smallest absolute Gasteiger partial charge is 0.180 e. The molecule has 16 heavy (non-hydrogen) atoms. The van der Waals surface area contributed by atoms with E-state index < -0.39 is 0 Å². The summed E-state index contributed by atoms with van der Waals surface area (Å²) in [5, 5.41) is 5.93. The quantitative estimate of drug-likeness (QED) is 0.815. The Morgan fingerprint density at radius 1 is 1.62 bits per heavy atom. The Morgan fingerprint density at radius 2 is 2.44 bits per heavy atom. The van der Waals surface area contributed by atoms with Crippen molar-refractivity contribution in [1.29, 1.82) is 0 Å². The number of carbonyl (C=O) groups is 1. The third kappa shape index (κ3) is 2.38. The summed E-state index contributed by atoms with van der Waals surface area (Å²) in [6.07, 6.45) is 1.79. The Balaban J connectivity index is 2.13. The van der Waals surface area contributed by atoms with Gasteiger partial charge in [0, 0.05) is 16.4 Å². The number of aryl methyl sites for hydroxylation is 1. The molecule has 0 aliphatic heterocycles. The van der Waals surface area contributed by atoms with Crippen LogP contribution in [0.4, 0.5) is 0 Å². The molecule has 4 nitrogen and oxygen atoms in total. The fourth-order valence-corrected chi connectivity index (χ4v) is 2.75. The Labute approximate surface area is 105 Å². The standard InChI is InChI=1S/C10H10BrN3OS/c1-2-14-10(12-6-13-14)4-8(15)9-3-7(11)5-16-9/h3,5-6H,2,4H2,1H3. The van der Waals surface area contributed by atoms with Gasteiger partial charge in [-0.3, -0.25) is 4.79 Å². The highest BCUT2D eigenvalue weighted by molar-refractivity contribution is 9.10. The van der Waals surface area contributed by atoms with Crippen LogP contribution in [0, 0.1) is 0 Å². The molecule has 2 heterocycles. The van der Waals surface area contributed by atoms with Crippen LogP contribution in [0.25, 0.3) is 0 Å². The van der Waals surface area contributed by atoms with Crippen LogP contribution in [0.5, 0.6) is 0 Å². The summed E-state index contributed by atoms with van der Waals surface area (Å²) < 4.78 is 2.68. The first-order valence-electron chi connectivity index (χ1n) is 4.84. The van der Waals surface area contributed by atoms with Crippen molar-refractivity contribution >= 4 is 33.0 Å². The van der Waals surface area contributed by atoms with Gasteiger partial charge in [-0.15, -0.1) is 11.3 Å². The van der Waals surface area contributed by atoms with E-state index in [4.69, 9.17) is 0 Å². The van der Waals surface area contributed by atoms with Crippen molar-refractivity contribution in [2.24, 2.45) is 0 Å².